The number of rotatable bonds is 3. The van der Waals surface area contributed by atoms with Gasteiger partial charge in [0.1, 0.15) is 0 Å². The lowest BCUT2D eigenvalue weighted by molar-refractivity contribution is 0.106. The topological polar surface area (TPSA) is 45.4 Å². The average Bonchev–Trinajstić information content (AvgIpc) is 3.10. The van der Waals surface area contributed by atoms with E-state index in [1.54, 1.807) is 11.3 Å². The van der Waals surface area contributed by atoms with Crippen molar-refractivity contribution >= 4 is 11.3 Å². The minimum atomic E-state index is 0.190. The second kappa shape index (κ2) is 5.40. The van der Waals surface area contributed by atoms with E-state index in [0.29, 0.717) is 11.8 Å². The zero-order valence-corrected chi connectivity index (χ0v) is 12.1. The van der Waals surface area contributed by atoms with Crippen molar-refractivity contribution in [2.75, 3.05) is 33.2 Å². The Kier molecular flexibility index (Phi) is 3.63. The number of likely N-dealkylation sites (N-methyl/N-ethyl adjacent to an activating group) is 1. The molecule has 2 aromatic heterocycles. The number of piperazine rings is 1. The Morgan fingerprint density at radius 2 is 2.05 bits per heavy atom. The zero-order chi connectivity index (χ0) is 13.2. The highest BCUT2D eigenvalue weighted by molar-refractivity contribution is 7.13. The minimum absolute atomic E-state index is 0.190. The quantitative estimate of drug-likeness (QED) is 0.860. The summed E-state index contributed by atoms with van der Waals surface area (Å²) in [5.41, 5.74) is 0. The Labute approximate surface area is 116 Å². The molecule has 0 amide bonds. The zero-order valence-electron chi connectivity index (χ0n) is 11.2. The molecule has 0 N–H and O–H groups in total. The maximum atomic E-state index is 5.80. The number of thiophene rings is 1. The van der Waals surface area contributed by atoms with Gasteiger partial charge in [0.2, 0.25) is 5.89 Å². The molecule has 6 heteroatoms. The smallest absolute Gasteiger partial charge is 0.257 e. The summed E-state index contributed by atoms with van der Waals surface area (Å²) in [4.78, 5) is 5.77. The molecule has 1 aliphatic heterocycles. The van der Waals surface area contributed by atoms with E-state index in [1.807, 2.05) is 17.5 Å². The van der Waals surface area contributed by atoms with Crippen LogP contribution < -0.4 is 0 Å². The molecule has 0 aliphatic carbocycles. The molecule has 1 aliphatic rings. The van der Waals surface area contributed by atoms with Gasteiger partial charge >= 0.3 is 0 Å². The van der Waals surface area contributed by atoms with Crippen LogP contribution in [0.5, 0.6) is 0 Å². The maximum absolute atomic E-state index is 5.80. The van der Waals surface area contributed by atoms with Crippen molar-refractivity contribution in [3.8, 4) is 10.8 Å². The first-order valence-electron chi connectivity index (χ1n) is 6.54. The second-order valence-corrected chi connectivity index (χ2v) is 5.89. The van der Waals surface area contributed by atoms with E-state index >= 15 is 0 Å². The van der Waals surface area contributed by atoms with E-state index in [2.05, 4.69) is 34.0 Å². The van der Waals surface area contributed by atoms with Gasteiger partial charge in [-0.25, -0.2) is 0 Å². The van der Waals surface area contributed by atoms with Crippen molar-refractivity contribution in [1.29, 1.82) is 0 Å². The molecule has 3 heterocycles. The Bertz CT molecular complexity index is 516. The lowest BCUT2D eigenvalue weighted by Gasteiger charge is -2.34. The van der Waals surface area contributed by atoms with Gasteiger partial charge in [0.15, 0.2) is 0 Å². The van der Waals surface area contributed by atoms with Crippen LogP contribution in [0.4, 0.5) is 0 Å². The molecule has 5 nitrogen and oxygen atoms in total. The summed E-state index contributed by atoms with van der Waals surface area (Å²) in [5, 5.41) is 10.4. The maximum Gasteiger partial charge on any atom is 0.257 e. The van der Waals surface area contributed by atoms with Gasteiger partial charge in [-0.1, -0.05) is 6.07 Å². The van der Waals surface area contributed by atoms with Gasteiger partial charge in [-0.3, -0.25) is 4.90 Å². The van der Waals surface area contributed by atoms with Crippen molar-refractivity contribution < 1.29 is 4.42 Å². The Balaban J connectivity index is 1.72. The lowest BCUT2D eigenvalue weighted by atomic mass is 10.2. The highest BCUT2D eigenvalue weighted by Gasteiger charge is 2.24. The van der Waals surface area contributed by atoms with Crippen LogP contribution in [0, 0.1) is 0 Å². The van der Waals surface area contributed by atoms with Gasteiger partial charge in [-0.05, 0) is 25.4 Å². The molecule has 0 aromatic carbocycles. The molecule has 102 valence electrons. The summed E-state index contributed by atoms with van der Waals surface area (Å²) in [5.74, 6) is 1.35. The fourth-order valence-electron chi connectivity index (χ4n) is 2.27. The first kappa shape index (κ1) is 12.8. The predicted molar refractivity (Wildman–Crippen MR) is 75.1 cm³/mol. The lowest BCUT2D eigenvalue weighted by Crippen LogP contribution is -2.45. The van der Waals surface area contributed by atoms with Crippen LogP contribution in [0.3, 0.4) is 0 Å². The van der Waals surface area contributed by atoms with Crippen molar-refractivity contribution in [2.45, 2.75) is 13.0 Å². The fourth-order valence-corrected chi connectivity index (χ4v) is 2.91. The molecule has 0 unspecified atom stereocenters. The van der Waals surface area contributed by atoms with E-state index in [-0.39, 0.29) is 6.04 Å². The molecular weight excluding hydrogens is 260 g/mol. The van der Waals surface area contributed by atoms with Crippen LogP contribution in [0.15, 0.2) is 21.9 Å². The molecule has 0 spiro atoms. The number of nitrogens with zero attached hydrogens (tertiary/aromatic N) is 4. The van der Waals surface area contributed by atoms with Crippen LogP contribution in [0.2, 0.25) is 0 Å². The van der Waals surface area contributed by atoms with E-state index in [9.17, 15) is 0 Å². The summed E-state index contributed by atoms with van der Waals surface area (Å²) >= 11 is 1.62. The molecule has 2 aromatic rings. The van der Waals surface area contributed by atoms with E-state index in [0.717, 1.165) is 31.1 Å². The Morgan fingerprint density at radius 1 is 1.26 bits per heavy atom. The van der Waals surface area contributed by atoms with E-state index in [4.69, 9.17) is 4.42 Å². The van der Waals surface area contributed by atoms with Gasteiger partial charge in [-0.15, -0.1) is 21.5 Å². The third-order valence-corrected chi connectivity index (χ3v) is 4.47. The molecule has 1 fully saturated rings. The van der Waals surface area contributed by atoms with Crippen molar-refractivity contribution in [2.24, 2.45) is 0 Å². The SMILES string of the molecule is C[C@@H](c1nnc(-c2cccs2)o1)N1CCN(C)CC1. The second-order valence-electron chi connectivity index (χ2n) is 4.94. The summed E-state index contributed by atoms with van der Waals surface area (Å²) < 4.78 is 5.80. The average molecular weight is 278 g/mol. The van der Waals surface area contributed by atoms with Crippen LogP contribution in [0.25, 0.3) is 10.8 Å². The summed E-state index contributed by atoms with van der Waals surface area (Å²) in [6.07, 6.45) is 0. The molecule has 1 atom stereocenters. The summed E-state index contributed by atoms with van der Waals surface area (Å²) in [6, 6.07) is 4.19. The van der Waals surface area contributed by atoms with Crippen molar-refractivity contribution in [1.82, 2.24) is 20.0 Å². The largest absolute Gasteiger partial charge is 0.418 e. The Hall–Kier alpha value is -1.24. The van der Waals surface area contributed by atoms with Crippen LogP contribution in [0.1, 0.15) is 18.9 Å². The van der Waals surface area contributed by atoms with Gasteiger partial charge in [0.25, 0.3) is 5.89 Å². The third kappa shape index (κ3) is 2.70. The monoisotopic (exact) mass is 278 g/mol. The molecule has 1 saturated heterocycles. The van der Waals surface area contributed by atoms with Crippen molar-refractivity contribution in [3.05, 3.63) is 23.4 Å². The highest BCUT2D eigenvalue weighted by Crippen LogP contribution is 2.27. The predicted octanol–water partition coefficient (Wildman–Crippen LogP) is 2.11. The summed E-state index contributed by atoms with van der Waals surface area (Å²) in [7, 11) is 2.16. The molecule has 19 heavy (non-hydrogen) atoms. The van der Waals surface area contributed by atoms with Crippen molar-refractivity contribution in [3.63, 3.8) is 0 Å². The summed E-state index contributed by atoms with van der Waals surface area (Å²) in [6.45, 7) is 6.42. The van der Waals surface area contributed by atoms with E-state index in [1.165, 1.54) is 0 Å². The normalized spacial score (nSPS) is 19.7. The molecule has 0 radical (unpaired) electrons. The van der Waals surface area contributed by atoms with Gasteiger partial charge in [0.05, 0.1) is 10.9 Å². The molecule has 0 bridgehead atoms. The van der Waals surface area contributed by atoms with Crippen LogP contribution in [-0.4, -0.2) is 53.2 Å². The first-order chi connectivity index (χ1) is 9.24. The highest BCUT2D eigenvalue weighted by atomic mass is 32.1. The number of hydrogen-bond acceptors (Lipinski definition) is 6. The molecular formula is C13H18N4OS. The van der Waals surface area contributed by atoms with Gasteiger partial charge < -0.3 is 9.32 Å². The van der Waals surface area contributed by atoms with E-state index < -0.39 is 0 Å². The third-order valence-electron chi connectivity index (χ3n) is 3.62. The fraction of sp³-hybridized carbons (Fsp3) is 0.538. The van der Waals surface area contributed by atoms with Gasteiger partial charge in [-0.2, -0.15) is 0 Å². The van der Waals surface area contributed by atoms with Crippen LogP contribution >= 0.6 is 11.3 Å². The molecule has 0 saturated carbocycles. The molecule has 3 rings (SSSR count). The standard InChI is InChI=1S/C13H18N4OS/c1-10(17-7-5-16(2)6-8-17)12-14-15-13(18-12)11-4-3-9-19-11/h3-4,9-10H,5-8H2,1-2H3/t10-/m0/s1. The minimum Gasteiger partial charge on any atom is -0.418 e. The van der Waals surface area contributed by atoms with Crippen LogP contribution in [-0.2, 0) is 0 Å². The Morgan fingerprint density at radius 3 is 2.74 bits per heavy atom. The van der Waals surface area contributed by atoms with Gasteiger partial charge in [0, 0.05) is 26.2 Å². The number of hydrogen-bond donors (Lipinski definition) is 0. The number of aromatic nitrogens is 2. The first-order valence-corrected chi connectivity index (χ1v) is 7.42.